The number of aromatic nitrogens is 2. The Morgan fingerprint density at radius 1 is 1.29 bits per heavy atom. The maximum Gasteiger partial charge on any atom is 0.140 e. The smallest absolute Gasteiger partial charge is 0.140 e. The van der Waals surface area contributed by atoms with Gasteiger partial charge in [0.15, 0.2) is 0 Å². The predicted molar refractivity (Wildman–Crippen MR) is 74.6 cm³/mol. The van der Waals surface area contributed by atoms with Crippen LogP contribution in [0.2, 0.25) is 0 Å². The van der Waals surface area contributed by atoms with Crippen LogP contribution in [-0.2, 0) is 18.6 Å². The minimum absolute atomic E-state index is 0.734. The van der Waals surface area contributed by atoms with Gasteiger partial charge >= 0.3 is 0 Å². The Hall–Kier alpha value is -0.770. The molecule has 1 aromatic heterocycles. The highest BCUT2D eigenvalue weighted by Crippen LogP contribution is 2.26. The van der Waals surface area contributed by atoms with Crippen LogP contribution in [0.4, 0.5) is 5.82 Å². The molecule has 1 aliphatic carbocycles. The third-order valence-corrected chi connectivity index (χ3v) is 4.26. The molecular weight excluding hydrogens is 230 g/mol. The van der Waals surface area contributed by atoms with Gasteiger partial charge in [0.1, 0.15) is 11.6 Å². The molecule has 0 radical (unpaired) electrons. The predicted octanol–water partition coefficient (Wildman–Crippen LogP) is 2.90. The quantitative estimate of drug-likeness (QED) is 0.873. The van der Waals surface area contributed by atoms with Gasteiger partial charge in [-0.15, -0.1) is 0 Å². The number of rotatable bonds is 5. The molecule has 94 valence electrons. The summed E-state index contributed by atoms with van der Waals surface area (Å²) < 4.78 is 0. The molecule has 1 aliphatic rings. The standard InChI is InChI=1S/C13H21N3S/c1-9(2)7-17-8-12-15-11-6-4-5-10(11)13(14-3)16-12/h9H,4-8H2,1-3H3,(H,14,15,16). The number of nitrogens with zero attached hydrogens (tertiary/aromatic N) is 2. The van der Waals surface area contributed by atoms with Gasteiger partial charge in [0.05, 0.1) is 5.75 Å². The first kappa shape index (κ1) is 12.7. The van der Waals surface area contributed by atoms with Crippen LogP contribution in [0, 0.1) is 5.92 Å². The molecule has 0 bridgehead atoms. The van der Waals surface area contributed by atoms with E-state index in [1.165, 1.54) is 23.4 Å². The van der Waals surface area contributed by atoms with Crippen molar-refractivity contribution in [2.45, 2.75) is 38.9 Å². The van der Waals surface area contributed by atoms with E-state index in [2.05, 4.69) is 29.1 Å². The molecule has 1 heterocycles. The molecule has 0 aromatic carbocycles. The molecule has 0 aliphatic heterocycles. The maximum atomic E-state index is 4.69. The van der Waals surface area contributed by atoms with Gasteiger partial charge in [-0.1, -0.05) is 13.8 Å². The maximum absolute atomic E-state index is 4.69. The molecule has 3 nitrogen and oxygen atoms in total. The zero-order valence-corrected chi connectivity index (χ0v) is 11.7. The van der Waals surface area contributed by atoms with Crippen LogP contribution < -0.4 is 5.32 Å². The summed E-state index contributed by atoms with van der Waals surface area (Å²) in [5.74, 6) is 4.88. The first-order chi connectivity index (χ1) is 8.20. The van der Waals surface area contributed by atoms with E-state index in [1.54, 1.807) is 0 Å². The molecule has 0 spiro atoms. The van der Waals surface area contributed by atoms with Crippen molar-refractivity contribution >= 4 is 17.6 Å². The Kier molecular flexibility index (Phi) is 4.26. The summed E-state index contributed by atoms with van der Waals surface area (Å²) in [6.07, 6.45) is 3.47. The van der Waals surface area contributed by atoms with Crippen LogP contribution in [0.1, 0.15) is 37.4 Å². The number of hydrogen-bond donors (Lipinski definition) is 1. The lowest BCUT2D eigenvalue weighted by Gasteiger charge is -2.09. The molecule has 1 N–H and O–H groups in total. The van der Waals surface area contributed by atoms with Gasteiger partial charge in [0.2, 0.25) is 0 Å². The van der Waals surface area contributed by atoms with Crippen LogP contribution in [0.25, 0.3) is 0 Å². The minimum Gasteiger partial charge on any atom is -0.373 e. The van der Waals surface area contributed by atoms with Gasteiger partial charge < -0.3 is 5.32 Å². The van der Waals surface area contributed by atoms with Crippen molar-refractivity contribution in [2.75, 3.05) is 18.1 Å². The normalized spacial score (nSPS) is 14.1. The number of anilines is 1. The van der Waals surface area contributed by atoms with E-state index in [0.717, 1.165) is 36.2 Å². The topological polar surface area (TPSA) is 37.8 Å². The second kappa shape index (κ2) is 5.71. The number of fused-ring (bicyclic) bond motifs is 1. The molecule has 17 heavy (non-hydrogen) atoms. The summed E-state index contributed by atoms with van der Waals surface area (Å²) in [7, 11) is 1.95. The summed E-state index contributed by atoms with van der Waals surface area (Å²) in [5.41, 5.74) is 2.61. The first-order valence-corrected chi connectivity index (χ1v) is 7.50. The van der Waals surface area contributed by atoms with E-state index in [1.807, 2.05) is 18.8 Å². The Balaban J connectivity index is 2.08. The number of aryl methyl sites for hydroxylation is 1. The van der Waals surface area contributed by atoms with Crippen LogP contribution in [0.3, 0.4) is 0 Å². The fourth-order valence-electron chi connectivity index (χ4n) is 2.14. The third kappa shape index (κ3) is 3.12. The summed E-state index contributed by atoms with van der Waals surface area (Å²) in [5, 5.41) is 3.21. The van der Waals surface area contributed by atoms with Gasteiger partial charge in [-0.2, -0.15) is 11.8 Å². The highest BCUT2D eigenvalue weighted by Gasteiger charge is 2.18. The fraction of sp³-hybridized carbons (Fsp3) is 0.692. The molecule has 0 amide bonds. The van der Waals surface area contributed by atoms with Crippen molar-refractivity contribution in [3.05, 3.63) is 17.1 Å². The van der Waals surface area contributed by atoms with Crippen LogP contribution >= 0.6 is 11.8 Å². The van der Waals surface area contributed by atoms with Crippen molar-refractivity contribution in [2.24, 2.45) is 5.92 Å². The first-order valence-electron chi connectivity index (χ1n) is 6.35. The number of nitrogens with one attached hydrogen (secondary N) is 1. The van der Waals surface area contributed by atoms with Crippen molar-refractivity contribution in [1.82, 2.24) is 9.97 Å². The largest absolute Gasteiger partial charge is 0.373 e. The Labute approximate surface area is 108 Å². The van der Waals surface area contributed by atoms with E-state index >= 15 is 0 Å². The minimum atomic E-state index is 0.734. The van der Waals surface area contributed by atoms with Gasteiger partial charge in [-0.05, 0) is 30.9 Å². The molecule has 2 rings (SSSR count). The zero-order valence-electron chi connectivity index (χ0n) is 10.9. The van der Waals surface area contributed by atoms with Gasteiger partial charge in [0, 0.05) is 18.3 Å². The summed E-state index contributed by atoms with van der Waals surface area (Å²) in [6, 6.07) is 0. The van der Waals surface area contributed by atoms with E-state index in [9.17, 15) is 0 Å². The number of hydrogen-bond acceptors (Lipinski definition) is 4. The lowest BCUT2D eigenvalue weighted by molar-refractivity contribution is 0.749. The molecule has 1 aromatic rings. The molecule has 0 saturated carbocycles. The van der Waals surface area contributed by atoms with Crippen molar-refractivity contribution in [1.29, 1.82) is 0 Å². The van der Waals surface area contributed by atoms with Crippen LogP contribution in [-0.4, -0.2) is 22.8 Å². The summed E-state index contributed by atoms with van der Waals surface area (Å²) in [4.78, 5) is 9.30. The van der Waals surface area contributed by atoms with Crippen molar-refractivity contribution in [3.8, 4) is 0 Å². The Morgan fingerprint density at radius 2 is 2.12 bits per heavy atom. The van der Waals surface area contributed by atoms with E-state index < -0.39 is 0 Å². The second-order valence-electron chi connectivity index (χ2n) is 4.93. The fourth-order valence-corrected chi connectivity index (χ4v) is 3.04. The summed E-state index contributed by atoms with van der Waals surface area (Å²) in [6.45, 7) is 4.49. The van der Waals surface area contributed by atoms with Crippen molar-refractivity contribution in [3.63, 3.8) is 0 Å². The average Bonchev–Trinajstić information content (AvgIpc) is 2.75. The molecule has 4 heteroatoms. The van der Waals surface area contributed by atoms with Crippen LogP contribution in [0.15, 0.2) is 0 Å². The van der Waals surface area contributed by atoms with Crippen LogP contribution in [0.5, 0.6) is 0 Å². The molecule has 0 atom stereocenters. The SMILES string of the molecule is CNc1nc(CSCC(C)C)nc2c1CCC2. The summed E-state index contributed by atoms with van der Waals surface area (Å²) >= 11 is 1.93. The van der Waals surface area contributed by atoms with Gasteiger partial charge in [-0.3, -0.25) is 0 Å². The van der Waals surface area contributed by atoms with Gasteiger partial charge in [0.25, 0.3) is 0 Å². The second-order valence-corrected chi connectivity index (χ2v) is 5.96. The third-order valence-electron chi connectivity index (χ3n) is 2.90. The Bertz CT molecular complexity index is 390. The average molecular weight is 251 g/mol. The molecule has 0 saturated heterocycles. The lowest BCUT2D eigenvalue weighted by atomic mass is 10.2. The highest BCUT2D eigenvalue weighted by molar-refractivity contribution is 7.98. The zero-order chi connectivity index (χ0) is 12.3. The lowest BCUT2D eigenvalue weighted by Crippen LogP contribution is -2.05. The van der Waals surface area contributed by atoms with E-state index in [0.29, 0.717) is 0 Å². The van der Waals surface area contributed by atoms with Gasteiger partial charge in [-0.25, -0.2) is 9.97 Å². The molecular formula is C13H21N3S. The Morgan fingerprint density at radius 3 is 2.82 bits per heavy atom. The molecule has 0 unspecified atom stereocenters. The molecule has 0 fully saturated rings. The van der Waals surface area contributed by atoms with Crippen molar-refractivity contribution < 1.29 is 0 Å². The monoisotopic (exact) mass is 251 g/mol. The van der Waals surface area contributed by atoms with E-state index in [4.69, 9.17) is 0 Å². The number of thioether (sulfide) groups is 1. The highest BCUT2D eigenvalue weighted by atomic mass is 32.2. The van der Waals surface area contributed by atoms with E-state index in [-0.39, 0.29) is 0 Å².